The zero-order chi connectivity index (χ0) is 21.4. The maximum Gasteiger partial charge on any atom is 0.305 e. The quantitative estimate of drug-likeness (QED) is 0.753. The van der Waals surface area contributed by atoms with Crippen LogP contribution in [0.1, 0.15) is 56.4 Å². The van der Waals surface area contributed by atoms with Crippen LogP contribution in [0.25, 0.3) is 0 Å². The molecule has 1 N–H and O–H groups in total. The van der Waals surface area contributed by atoms with E-state index in [1.807, 2.05) is 11.0 Å². The summed E-state index contributed by atoms with van der Waals surface area (Å²) in [5, 5.41) is 9.66. The Hall–Kier alpha value is -2.60. The Morgan fingerprint density at radius 2 is 1.70 bits per heavy atom. The van der Waals surface area contributed by atoms with Gasteiger partial charge in [0.2, 0.25) is 0 Å². The standard InChI is InChI=1S/C23H24ClNO5/c1-30-19-9-8-13(12-14(19)24)21-22-15(4-2-6-17(22)26)25(11-10-20(28)29)16-5-3-7-18(27)23(16)21/h8-9,12,21H,2-7,10-11H2,1H3,(H,28,29). The third-order valence-corrected chi connectivity index (χ3v) is 6.44. The summed E-state index contributed by atoms with van der Waals surface area (Å²) in [6.07, 6.45) is 3.68. The van der Waals surface area contributed by atoms with Gasteiger partial charge in [-0.2, -0.15) is 0 Å². The lowest BCUT2D eigenvalue weighted by atomic mass is 9.71. The lowest BCUT2D eigenvalue weighted by molar-refractivity contribution is -0.137. The summed E-state index contributed by atoms with van der Waals surface area (Å²) in [7, 11) is 1.54. The molecule has 6 nitrogen and oxygen atoms in total. The molecule has 0 radical (unpaired) electrons. The molecule has 0 atom stereocenters. The number of carboxylic acids is 1. The number of ketones is 2. The molecule has 0 amide bonds. The summed E-state index contributed by atoms with van der Waals surface area (Å²) >= 11 is 6.38. The molecule has 7 heteroatoms. The average Bonchev–Trinajstić information content (AvgIpc) is 2.71. The number of carbonyl (C=O) groups excluding carboxylic acids is 2. The van der Waals surface area contributed by atoms with Crippen molar-refractivity contribution in [2.24, 2.45) is 0 Å². The first-order chi connectivity index (χ1) is 14.4. The smallest absolute Gasteiger partial charge is 0.305 e. The summed E-state index contributed by atoms with van der Waals surface area (Å²) in [4.78, 5) is 39.4. The number of hydrogen-bond donors (Lipinski definition) is 1. The molecule has 0 spiro atoms. The topological polar surface area (TPSA) is 83.9 Å². The van der Waals surface area contributed by atoms with Gasteiger partial charge in [0.05, 0.1) is 18.6 Å². The lowest BCUT2D eigenvalue weighted by Crippen LogP contribution is -2.39. The highest BCUT2D eigenvalue weighted by molar-refractivity contribution is 6.32. The van der Waals surface area contributed by atoms with Crippen molar-refractivity contribution in [1.29, 1.82) is 0 Å². The lowest BCUT2D eigenvalue weighted by Gasteiger charge is -2.44. The van der Waals surface area contributed by atoms with Crippen LogP contribution in [0.2, 0.25) is 5.02 Å². The van der Waals surface area contributed by atoms with E-state index in [4.69, 9.17) is 16.3 Å². The van der Waals surface area contributed by atoms with Crippen LogP contribution in [0, 0.1) is 0 Å². The monoisotopic (exact) mass is 429 g/mol. The first kappa shape index (κ1) is 20.7. The summed E-state index contributed by atoms with van der Waals surface area (Å²) in [6, 6.07) is 5.40. The second-order valence-electron chi connectivity index (χ2n) is 7.90. The fraction of sp³-hybridized carbons (Fsp3) is 0.435. The number of rotatable bonds is 5. The van der Waals surface area contributed by atoms with E-state index in [1.54, 1.807) is 19.2 Å². The van der Waals surface area contributed by atoms with E-state index in [1.165, 1.54) is 0 Å². The molecule has 0 saturated heterocycles. The van der Waals surface area contributed by atoms with Crippen LogP contribution < -0.4 is 4.74 Å². The van der Waals surface area contributed by atoms with Gasteiger partial charge in [0.25, 0.3) is 0 Å². The molecule has 3 aliphatic rings. The molecular weight excluding hydrogens is 406 g/mol. The minimum atomic E-state index is -0.896. The third-order valence-electron chi connectivity index (χ3n) is 6.14. The Balaban J connectivity index is 1.91. The normalized spacial score (nSPS) is 19.7. The van der Waals surface area contributed by atoms with Crippen molar-refractivity contribution in [2.75, 3.05) is 13.7 Å². The van der Waals surface area contributed by atoms with Crippen molar-refractivity contribution in [2.45, 2.75) is 50.9 Å². The molecule has 0 bridgehead atoms. The number of carbonyl (C=O) groups is 3. The number of nitrogens with zero attached hydrogens (tertiary/aromatic N) is 1. The molecule has 0 aromatic heterocycles. The minimum Gasteiger partial charge on any atom is -0.495 e. The molecule has 0 unspecified atom stereocenters. The second kappa shape index (κ2) is 8.26. The van der Waals surface area contributed by atoms with Crippen LogP contribution in [-0.4, -0.2) is 41.2 Å². The highest BCUT2D eigenvalue weighted by Gasteiger charge is 2.43. The van der Waals surface area contributed by atoms with Crippen LogP contribution in [0.3, 0.4) is 0 Å². The minimum absolute atomic E-state index is 0.0263. The van der Waals surface area contributed by atoms with Crippen molar-refractivity contribution < 1.29 is 24.2 Å². The van der Waals surface area contributed by atoms with Crippen LogP contribution in [0.4, 0.5) is 0 Å². The number of methoxy groups -OCH3 is 1. The number of aliphatic carboxylic acids is 1. The van der Waals surface area contributed by atoms with Crippen molar-refractivity contribution in [3.05, 3.63) is 51.3 Å². The van der Waals surface area contributed by atoms with E-state index < -0.39 is 11.9 Å². The maximum absolute atomic E-state index is 13.1. The highest BCUT2D eigenvalue weighted by Crippen LogP contribution is 2.49. The Morgan fingerprint density at radius 1 is 1.10 bits per heavy atom. The van der Waals surface area contributed by atoms with E-state index in [9.17, 15) is 19.5 Å². The van der Waals surface area contributed by atoms with Crippen molar-refractivity contribution >= 4 is 29.1 Å². The summed E-state index contributed by atoms with van der Waals surface area (Å²) < 4.78 is 5.26. The molecule has 158 valence electrons. The van der Waals surface area contributed by atoms with Gasteiger partial charge in [0.1, 0.15) is 5.75 Å². The zero-order valence-corrected chi connectivity index (χ0v) is 17.6. The van der Waals surface area contributed by atoms with Gasteiger partial charge in [-0.3, -0.25) is 14.4 Å². The Morgan fingerprint density at radius 3 is 2.20 bits per heavy atom. The van der Waals surface area contributed by atoms with Gasteiger partial charge < -0.3 is 14.7 Å². The molecule has 1 aliphatic heterocycles. The number of benzene rings is 1. The SMILES string of the molecule is COc1ccc(C2C3=C(CCCC3=O)N(CCC(=O)O)C3=C2C(=O)CCC3)cc1Cl. The van der Waals surface area contributed by atoms with Crippen LogP contribution in [0.5, 0.6) is 5.75 Å². The van der Waals surface area contributed by atoms with Crippen LogP contribution >= 0.6 is 11.6 Å². The van der Waals surface area contributed by atoms with Gasteiger partial charge in [-0.25, -0.2) is 0 Å². The molecular formula is C23H24ClNO5. The third kappa shape index (κ3) is 3.54. The van der Waals surface area contributed by atoms with Crippen LogP contribution in [-0.2, 0) is 14.4 Å². The van der Waals surface area contributed by atoms with Gasteiger partial charge in [-0.1, -0.05) is 17.7 Å². The predicted octanol–water partition coefficient (Wildman–Crippen LogP) is 4.24. The van der Waals surface area contributed by atoms with E-state index in [-0.39, 0.29) is 24.5 Å². The van der Waals surface area contributed by atoms with E-state index in [2.05, 4.69) is 0 Å². The first-order valence-electron chi connectivity index (χ1n) is 10.3. The molecule has 30 heavy (non-hydrogen) atoms. The molecule has 0 fully saturated rings. The molecule has 4 rings (SSSR count). The Bertz CT molecular complexity index is 949. The van der Waals surface area contributed by atoms with Gasteiger partial charge in [0, 0.05) is 47.8 Å². The summed E-state index contributed by atoms with van der Waals surface area (Å²) in [5.41, 5.74) is 3.80. The molecule has 2 aliphatic carbocycles. The van der Waals surface area contributed by atoms with Gasteiger partial charge in [-0.05, 0) is 43.4 Å². The second-order valence-corrected chi connectivity index (χ2v) is 8.30. The summed E-state index contributed by atoms with van der Waals surface area (Å²) in [5.74, 6) is -0.766. The van der Waals surface area contributed by atoms with E-state index >= 15 is 0 Å². The largest absolute Gasteiger partial charge is 0.495 e. The number of Topliss-reactive ketones (excluding diaryl/α,β-unsaturated/α-hetero) is 2. The van der Waals surface area contributed by atoms with E-state index in [0.717, 1.165) is 29.8 Å². The fourth-order valence-electron chi connectivity index (χ4n) is 4.89. The number of carboxylic acid groups (broad SMARTS) is 1. The predicted molar refractivity (Wildman–Crippen MR) is 111 cm³/mol. The van der Waals surface area contributed by atoms with Crippen molar-refractivity contribution in [3.63, 3.8) is 0 Å². The fourth-order valence-corrected chi connectivity index (χ4v) is 5.16. The van der Waals surface area contributed by atoms with E-state index in [0.29, 0.717) is 47.6 Å². The van der Waals surface area contributed by atoms with Crippen molar-refractivity contribution in [1.82, 2.24) is 4.90 Å². The average molecular weight is 430 g/mol. The highest BCUT2D eigenvalue weighted by atomic mass is 35.5. The van der Waals surface area contributed by atoms with Gasteiger partial charge in [-0.15, -0.1) is 0 Å². The van der Waals surface area contributed by atoms with Gasteiger partial charge in [0.15, 0.2) is 11.6 Å². The molecule has 1 heterocycles. The number of ether oxygens (including phenoxy) is 1. The number of allylic oxidation sites excluding steroid dienone is 4. The maximum atomic E-state index is 13.1. The molecule has 0 saturated carbocycles. The summed E-state index contributed by atoms with van der Waals surface area (Å²) in [6.45, 7) is 0.268. The molecule has 1 aromatic rings. The Labute approximate surface area is 180 Å². The van der Waals surface area contributed by atoms with Gasteiger partial charge >= 0.3 is 5.97 Å². The number of halogens is 1. The van der Waals surface area contributed by atoms with Crippen LogP contribution in [0.15, 0.2) is 40.7 Å². The van der Waals surface area contributed by atoms with Crippen molar-refractivity contribution in [3.8, 4) is 5.75 Å². The zero-order valence-electron chi connectivity index (χ0n) is 16.9. The number of hydrogen-bond acceptors (Lipinski definition) is 5. The molecule has 1 aromatic carbocycles. The Kier molecular flexibility index (Phi) is 5.69. The first-order valence-corrected chi connectivity index (χ1v) is 10.7.